The molecule has 1 aromatic heterocycles. The molecule has 0 unspecified atom stereocenters. The zero-order chi connectivity index (χ0) is 19.8. The first-order valence-electron chi connectivity index (χ1n) is 9.76. The van der Waals surface area contributed by atoms with Crippen molar-refractivity contribution in [2.75, 3.05) is 6.54 Å². The van der Waals surface area contributed by atoms with Gasteiger partial charge in [-0.05, 0) is 65.8 Å². The smallest absolute Gasteiger partial charge is 0.0858 e. The van der Waals surface area contributed by atoms with E-state index in [4.69, 9.17) is 0 Å². The van der Waals surface area contributed by atoms with Crippen LogP contribution in [0.4, 0.5) is 0 Å². The number of aromatic nitrogens is 1. The number of benzene rings is 1. The molecule has 0 saturated heterocycles. The second-order valence-corrected chi connectivity index (χ2v) is 7.70. The monoisotopic (exact) mass is 369 g/mol. The first-order chi connectivity index (χ1) is 13.4. The Labute approximate surface area is 167 Å². The Morgan fingerprint density at radius 1 is 1.11 bits per heavy atom. The van der Waals surface area contributed by atoms with Gasteiger partial charge in [0.05, 0.1) is 11.4 Å². The molecule has 1 aliphatic heterocycles. The van der Waals surface area contributed by atoms with E-state index in [-0.39, 0.29) is 0 Å². The van der Waals surface area contributed by atoms with Gasteiger partial charge in [0.2, 0.25) is 0 Å². The quantitative estimate of drug-likeness (QED) is 0.812. The highest BCUT2D eigenvalue weighted by molar-refractivity contribution is 5.66. The van der Waals surface area contributed by atoms with Gasteiger partial charge < -0.3 is 10.2 Å². The largest absolute Gasteiger partial charge is 0.380 e. The molecule has 0 bridgehead atoms. The van der Waals surface area contributed by atoms with Crippen molar-refractivity contribution in [2.24, 2.45) is 0 Å². The van der Waals surface area contributed by atoms with Gasteiger partial charge in [0.15, 0.2) is 0 Å². The van der Waals surface area contributed by atoms with Gasteiger partial charge in [-0.25, -0.2) is 0 Å². The van der Waals surface area contributed by atoms with Crippen molar-refractivity contribution in [3.8, 4) is 0 Å². The number of pyridine rings is 1. The van der Waals surface area contributed by atoms with Gasteiger partial charge >= 0.3 is 0 Å². The molecule has 1 aliphatic carbocycles. The number of nitrogens with one attached hydrogen (secondary N) is 1. The summed E-state index contributed by atoms with van der Waals surface area (Å²) in [7, 11) is 0. The summed E-state index contributed by atoms with van der Waals surface area (Å²) in [5.41, 5.74) is 11.6. The van der Waals surface area contributed by atoms with Crippen molar-refractivity contribution in [1.29, 1.82) is 0 Å². The second kappa shape index (κ2) is 7.16. The fourth-order valence-electron chi connectivity index (χ4n) is 4.03. The Kier molecular flexibility index (Phi) is 4.68. The van der Waals surface area contributed by atoms with Crippen LogP contribution < -0.4 is 5.32 Å². The lowest BCUT2D eigenvalue weighted by Gasteiger charge is -2.40. The van der Waals surface area contributed by atoms with Gasteiger partial charge in [-0.1, -0.05) is 44.0 Å². The van der Waals surface area contributed by atoms with Crippen molar-refractivity contribution in [1.82, 2.24) is 15.2 Å². The minimum absolute atomic E-state index is 0.743. The minimum Gasteiger partial charge on any atom is -0.380 e. The molecule has 0 radical (unpaired) electrons. The SMILES string of the molecule is C=C1C(=C)C(N2CCc3ccc(CNC(=C)c4cccc(C)n4)cc3C2)=C1C. The van der Waals surface area contributed by atoms with E-state index in [1.807, 2.05) is 25.1 Å². The molecule has 2 aromatic rings. The van der Waals surface area contributed by atoms with Gasteiger partial charge in [-0.3, -0.25) is 4.98 Å². The topological polar surface area (TPSA) is 28.2 Å². The Morgan fingerprint density at radius 3 is 2.68 bits per heavy atom. The van der Waals surface area contributed by atoms with Crippen LogP contribution >= 0.6 is 0 Å². The molecule has 28 heavy (non-hydrogen) atoms. The van der Waals surface area contributed by atoms with Crippen LogP contribution in [-0.4, -0.2) is 16.4 Å². The molecule has 0 saturated carbocycles. The summed E-state index contributed by atoms with van der Waals surface area (Å²) in [6.45, 7) is 19.3. The molecular formula is C25H27N3. The Bertz CT molecular complexity index is 1030. The summed E-state index contributed by atoms with van der Waals surface area (Å²) < 4.78 is 0. The van der Waals surface area contributed by atoms with E-state index in [0.717, 1.165) is 54.3 Å². The summed E-state index contributed by atoms with van der Waals surface area (Å²) in [6, 6.07) is 12.8. The van der Waals surface area contributed by atoms with E-state index in [1.165, 1.54) is 28.0 Å². The van der Waals surface area contributed by atoms with Crippen molar-refractivity contribution in [3.05, 3.63) is 107 Å². The van der Waals surface area contributed by atoms with Crippen molar-refractivity contribution in [2.45, 2.75) is 33.4 Å². The average molecular weight is 370 g/mol. The molecule has 3 heteroatoms. The van der Waals surface area contributed by atoms with Crippen LogP contribution in [0.3, 0.4) is 0 Å². The summed E-state index contributed by atoms with van der Waals surface area (Å²) in [5, 5.41) is 3.42. The number of fused-ring (bicyclic) bond motifs is 1. The summed E-state index contributed by atoms with van der Waals surface area (Å²) in [5.74, 6) is 0. The van der Waals surface area contributed by atoms with Gasteiger partial charge in [0, 0.05) is 31.0 Å². The maximum atomic E-state index is 4.53. The maximum absolute atomic E-state index is 4.53. The normalized spacial score (nSPS) is 16.0. The Balaban J connectivity index is 1.46. The Morgan fingerprint density at radius 2 is 1.93 bits per heavy atom. The summed E-state index contributed by atoms with van der Waals surface area (Å²) in [6.07, 6.45) is 1.07. The lowest BCUT2D eigenvalue weighted by molar-refractivity contribution is 0.321. The van der Waals surface area contributed by atoms with Crippen LogP contribution in [0.5, 0.6) is 0 Å². The summed E-state index contributed by atoms with van der Waals surface area (Å²) >= 11 is 0. The molecule has 1 N–H and O–H groups in total. The van der Waals surface area contributed by atoms with E-state index in [1.54, 1.807) is 0 Å². The van der Waals surface area contributed by atoms with Gasteiger partial charge in [-0.15, -0.1) is 0 Å². The number of hydrogen-bond acceptors (Lipinski definition) is 3. The van der Waals surface area contributed by atoms with E-state index >= 15 is 0 Å². The third-order valence-electron chi connectivity index (χ3n) is 5.76. The van der Waals surface area contributed by atoms with Gasteiger partial charge in [0.25, 0.3) is 0 Å². The molecular weight excluding hydrogens is 342 g/mol. The average Bonchev–Trinajstić information content (AvgIpc) is 2.71. The van der Waals surface area contributed by atoms with Crippen molar-refractivity contribution < 1.29 is 0 Å². The van der Waals surface area contributed by atoms with Crippen LogP contribution in [0.2, 0.25) is 0 Å². The lowest BCUT2D eigenvalue weighted by Crippen LogP contribution is -2.34. The van der Waals surface area contributed by atoms with Crippen LogP contribution in [0.15, 0.2) is 78.6 Å². The standard InChI is InChI=1S/C25H27N3/c1-16-7-6-8-24(27-16)20(5)26-14-21-9-10-22-11-12-28(15-23(22)13-21)25-18(3)17(2)19(25)4/h6-10,13,26H,2-3,5,11-12,14-15H2,1,4H3. The second-order valence-electron chi connectivity index (χ2n) is 7.70. The predicted molar refractivity (Wildman–Crippen MR) is 116 cm³/mol. The summed E-state index contributed by atoms with van der Waals surface area (Å²) in [4.78, 5) is 6.98. The van der Waals surface area contributed by atoms with Gasteiger partial charge in [-0.2, -0.15) is 0 Å². The highest BCUT2D eigenvalue weighted by atomic mass is 15.1. The number of hydrogen-bond donors (Lipinski definition) is 1. The number of allylic oxidation sites excluding steroid dienone is 2. The molecule has 0 fully saturated rings. The molecule has 2 aliphatic rings. The first kappa shape index (κ1) is 18.3. The van der Waals surface area contributed by atoms with E-state index in [0.29, 0.717) is 0 Å². The van der Waals surface area contributed by atoms with E-state index in [2.05, 4.69) is 60.1 Å². The molecule has 142 valence electrons. The third kappa shape index (κ3) is 3.29. The molecule has 0 atom stereocenters. The fourth-order valence-corrected chi connectivity index (χ4v) is 4.03. The number of aryl methyl sites for hydroxylation is 1. The molecule has 0 amide bonds. The van der Waals surface area contributed by atoms with Crippen molar-refractivity contribution in [3.63, 3.8) is 0 Å². The maximum Gasteiger partial charge on any atom is 0.0858 e. The number of nitrogens with zero attached hydrogens (tertiary/aromatic N) is 2. The van der Waals surface area contributed by atoms with Crippen molar-refractivity contribution >= 4 is 5.70 Å². The molecule has 2 heterocycles. The lowest BCUT2D eigenvalue weighted by atomic mass is 9.83. The van der Waals surface area contributed by atoms with E-state index in [9.17, 15) is 0 Å². The molecule has 0 spiro atoms. The molecule has 4 rings (SSSR count). The van der Waals surface area contributed by atoms with Crippen LogP contribution in [0, 0.1) is 6.92 Å². The minimum atomic E-state index is 0.743. The highest BCUT2D eigenvalue weighted by Crippen LogP contribution is 2.41. The van der Waals surface area contributed by atoms with Crippen LogP contribution in [0.25, 0.3) is 5.70 Å². The number of rotatable bonds is 5. The van der Waals surface area contributed by atoms with E-state index < -0.39 is 0 Å². The zero-order valence-electron chi connectivity index (χ0n) is 16.8. The fraction of sp³-hybridized carbons (Fsp3) is 0.240. The van der Waals surface area contributed by atoms with Crippen LogP contribution in [0.1, 0.15) is 35.0 Å². The predicted octanol–water partition coefficient (Wildman–Crippen LogP) is 4.91. The van der Waals surface area contributed by atoms with Crippen LogP contribution in [-0.2, 0) is 19.5 Å². The zero-order valence-corrected chi connectivity index (χ0v) is 16.8. The highest BCUT2D eigenvalue weighted by Gasteiger charge is 2.29. The molecule has 1 aromatic carbocycles. The van der Waals surface area contributed by atoms with Gasteiger partial charge in [0.1, 0.15) is 0 Å². The third-order valence-corrected chi connectivity index (χ3v) is 5.76. The Hall–Kier alpha value is -3.07. The first-order valence-corrected chi connectivity index (χ1v) is 9.76. The molecule has 3 nitrogen and oxygen atoms in total.